The van der Waals surface area contributed by atoms with Crippen LogP contribution in [-0.2, 0) is 6.42 Å². The van der Waals surface area contributed by atoms with Gasteiger partial charge in [-0.25, -0.2) is 9.97 Å². The maximum absolute atomic E-state index is 4.56. The second-order valence-electron chi connectivity index (χ2n) is 5.77. The van der Waals surface area contributed by atoms with Crippen LogP contribution < -0.4 is 16.0 Å². The molecular formula is C18H28N6S. The number of nitrogens with zero attached hydrogens (tertiary/aromatic N) is 3. The van der Waals surface area contributed by atoms with Crippen LogP contribution in [0.4, 0.5) is 5.82 Å². The summed E-state index contributed by atoms with van der Waals surface area (Å²) in [6.07, 6.45) is 4.88. The molecule has 2 aromatic rings. The Morgan fingerprint density at radius 3 is 2.60 bits per heavy atom. The van der Waals surface area contributed by atoms with E-state index in [1.807, 2.05) is 18.2 Å². The number of anilines is 1. The molecule has 0 fully saturated rings. The summed E-state index contributed by atoms with van der Waals surface area (Å²) < 4.78 is 0. The molecule has 2 rings (SSSR count). The average molecular weight is 361 g/mol. The average Bonchev–Trinajstić information content (AvgIpc) is 2.95. The monoisotopic (exact) mass is 360 g/mol. The molecule has 2 aromatic heterocycles. The Labute approximate surface area is 154 Å². The summed E-state index contributed by atoms with van der Waals surface area (Å²) in [4.78, 5) is 14.4. The fraction of sp³-hybridized carbons (Fsp3) is 0.500. The van der Waals surface area contributed by atoms with E-state index in [9.17, 15) is 0 Å². The van der Waals surface area contributed by atoms with Gasteiger partial charge in [-0.2, -0.15) is 0 Å². The fourth-order valence-corrected chi connectivity index (χ4v) is 3.23. The Morgan fingerprint density at radius 1 is 1.12 bits per heavy atom. The largest absolute Gasteiger partial charge is 0.370 e. The van der Waals surface area contributed by atoms with Crippen molar-refractivity contribution in [1.29, 1.82) is 0 Å². The van der Waals surface area contributed by atoms with Crippen LogP contribution in [0.25, 0.3) is 0 Å². The third-order valence-electron chi connectivity index (χ3n) is 3.79. The maximum Gasteiger partial charge on any atom is 0.190 e. The number of nitrogens with one attached hydrogen (secondary N) is 3. The molecule has 0 saturated heterocycles. The number of aliphatic imine (C=N–C) groups is 1. The molecule has 7 heteroatoms. The van der Waals surface area contributed by atoms with E-state index in [0.717, 1.165) is 56.4 Å². The topological polar surface area (TPSA) is 74.2 Å². The van der Waals surface area contributed by atoms with Gasteiger partial charge in [0.25, 0.3) is 0 Å². The highest BCUT2D eigenvalue weighted by molar-refractivity contribution is 7.11. The molecule has 25 heavy (non-hydrogen) atoms. The lowest BCUT2D eigenvalue weighted by Crippen LogP contribution is -2.38. The molecule has 0 aliphatic rings. The first-order chi connectivity index (χ1) is 12.2. The molecule has 0 bridgehead atoms. The van der Waals surface area contributed by atoms with Gasteiger partial charge in [0.1, 0.15) is 5.82 Å². The van der Waals surface area contributed by atoms with Crippen LogP contribution >= 0.6 is 11.3 Å². The van der Waals surface area contributed by atoms with E-state index < -0.39 is 0 Å². The molecule has 0 aliphatic heterocycles. The summed E-state index contributed by atoms with van der Waals surface area (Å²) in [5.41, 5.74) is 1.14. The van der Waals surface area contributed by atoms with Crippen molar-refractivity contribution in [3.8, 4) is 0 Å². The molecule has 6 nitrogen and oxygen atoms in total. The highest BCUT2D eigenvalue weighted by Gasteiger charge is 2.04. The third kappa shape index (κ3) is 7.09. The van der Waals surface area contributed by atoms with Gasteiger partial charge in [-0.05, 0) is 38.8 Å². The molecule has 0 aromatic carbocycles. The number of aromatic nitrogens is 2. The summed E-state index contributed by atoms with van der Waals surface area (Å²) in [5.74, 6) is 1.78. The number of aryl methyl sites for hydroxylation is 2. The minimum atomic E-state index is 0.841. The number of pyridine rings is 1. The summed E-state index contributed by atoms with van der Waals surface area (Å²) in [7, 11) is 1.80. The van der Waals surface area contributed by atoms with Crippen molar-refractivity contribution in [1.82, 2.24) is 20.6 Å². The molecule has 3 N–H and O–H groups in total. The Hall–Kier alpha value is -2.15. The minimum absolute atomic E-state index is 0.841. The molecule has 0 amide bonds. The normalized spacial score (nSPS) is 11.4. The van der Waals surface area contributed by atoms with Crippen LogP contribution in [0.1, 0.15) is 28.4 Å². The first-order valence-corrected chi connectivity index (χ1v) is 9.53. The van der Waals surface area contributed by atoms with Gasteiger partial charge >= 0.3 is 0 Å². The lowest BCUT2D eigenvalue weighted by molar-refractivity contribution is 0.709. The van der Waals surface area contributed by atoms with Crippen molar-refractivity contribution in [2.24, 2.45) is 4.99 Å². The number of hydrogen-bond acceptors (Lipinski definition) is 5. The van der Waals surface area contributed by atoms with E-state index in [2.05, 4.69) is 44.8 Å². The SMILES string of the molecule is CN=C(NCCCCNc1ccccn1)NCCc1nc(C)c(C)s1. The molecule has 136 valence electrons. The quantitative estimate of drug-likeness (QED) is 0.364. The Bertz CT molecular complexity index is 633. The van der Waals surface area contributed by atoms with Gasteiger partial charge in [0, 0.05) is 44.2 Å². The summed E-state index contributed by atoms with van der Waals surface area (Å²) in [6, 6.07) is 5.89. The smallest absolute Gasteiger partial charge is 0.190 e. The number of hydrogen-bond donors (Lipinski definition) is 3. The summed E-state index contributed by atoms with van der Waals surface area (Å²) >= 11 is 1.78. The number of rotatable bonds is 9. The van der Waals surface area contributed by atoms with Crippen LogP contribution in [0, 0.1) is 13.8 Å². The fourth-order valence-electron chi connectivity index (χ4n) is 2.30. The zero-order valence-corrected chi connectivity index (χ0v) is 16.1. The number of thiazole rings is 1. The minimum Gasteiger partial charge on any atom is -0.370 e. The lowest BCUT2D eigenvalue weighted by atomic mass is 10.3. The van der Waals surface area contributed by atoms with E-state index in [1.165, 1.54) is 9.88 Å². The van der Waals surface area contributed by atoms with E-state index in [4.69, 9.17) is 0 Å². The van der Waals surface area contributed by atoms with Crippen molar-refractivity contribution in [3.63, 3.8) is 0 Å². The first-order valence-electron chi connectivity index (χ1n) is 8.71. The molecule has 0 radical (unpaired) electrons. The molecular weight excluding hydrogens is 332 g/mol. The van der Waals surface area contributed by atoms with Crippen molar-refractivity contribution in [3.05, 3.63) is 40.0 Å². The highest BCUT2D eigenvalue weighted by atomic mass is 32.1. The van der Waals surface area contributed by atoms with Gasteiger partial charge in [0.15, 0.2) is 5.96 Å². The van der Waals surface area contributed by atoms with Crippen LogP contribution in [0.3, 0.4) is 0 Å². The van der Waals surface area contributed by atoms with E-state index in [0.29, 0.717) is 0 Å². The van der Waals surface area contributed by atoms with Gasteiger partial charge < -0.3 is 16.0 Å². The Morgan fingerprint density at radius 2 is 1.92 bits per heavy atom. The zero-order valence-electron chi connectivity index (χ0n) is 15.3. The van der Waals surface area contributed by atoms with Crippen molar-refractivity contribution >= 4 is 23.1 Å². The van der Waals surface area contributed by atoms with Gasteiger partial charge in [-0.15, -0.1) is 11.3 Å². The first kappa shape index (κ1) is 19.2. The number of unbranched alkanes of at least 4 members (excludes halogenated alkanes) is 1. The predicted octanol–water partition coefficient (Wildman–Crippen LogP) is 2.75. The van der Waals surface area contributed by atoms with E-state index in [-0.39, 0.29) is 0 Å². The van der Waals surface area contributed by atoms with Crippen molar-refractivity contribution in [2.45, 2.75) is 33.1 Å². The predicted molar refractivity (Wildman–Crippen MR) is 107 cm³/mol. The molecule has 0 saturated carbocycles. The summed E-state index contributed by atoms with van der Waals surface area (Å²) in [5, 5.41) is 11.2. The zero-order chi connectivity index (χ0) is 17.9. The van der Waals surface area contributed by atoms with Gasteiger partial charge in [-0.1, -0.05) is 6.07 Å². The van der Waals surface area contributed by atoms with Crippen molar-refractivity contribution in [2.75, 3.05) is 32.0 Å². The molecule has 2 heterocycles. The van der Waals surface area contributed by atoms with Gasteiger partial charge in [0.05, 0.1) is 10.7 Å². The van der Waals surface area contributed by atoms with E-state index in [1.54, 1.807) is 24.6 Å². The Kier molecular flexibility index (Phi) is 8.18. The third-order valence-corrected chi connectivity index (χ3v) is 4.93. The van der Waals surface area contributed by atoms with Crippen LogP contribution in [0.2, 0.25) is 0 Å². The van der Waals surface area contributed by atoms with Gasteiger partial charge in [0.2, 0.25) is 0 Å². The second kappa shape index (κ2) is 10.7. The second-order valence-corrected chi connectivity index (χ2v) is 7.06. The van der Waals surface area contributed by atoms with E-state index >= 15 is 0 Å². The van der Waals surface area contributed by atoms with Gasteiger partial charge in [-0.3, -0.25) is 4.99 Å². The Balaban J connectivity index is 1.54. The van der Waals surface area contributed by atoms with Crippen LogP contribution in [-0.4, -0.2) is 42.6 Å². The molecule has 0 aliphatic carbocycles. The van der Waals surface area contributed by atoms with Crippen molar-refractivity contribution < 1.29 is 0 Å². The highest BCUT2D eigenvalue weighted by Crippen LogP contribution is 2.16. The summed E-state index contributed by atoms with van der Waals surface area (Å²) in [6.45, 7) is 6.85. The maximum atomic E-state index is 4.56. The molecule has 0 spiro atoms. The lowest BCUT2D eigenvalue weighted by Gasteiger charge is -2.11. The standard InChI is InChI=1S/C18H28N6S/c1-14-15(2)25-17(24-14)9-13-23-18(19-3)22-12-7-6-11-21-16-8-4-5-10-20-16/h4-5,8,10H,6-7,9,11-13H2,1-3H3,(H,20,21)(H2,19,22,23). The molecule has 0 unspecified atom stereocenters. The van der Waals surface area contributed by atoms with Crippen LogP contribution in [0.5, 0.6) is 0 Å². The molecule has 0 atom stereocenters. The number of guanidine groups is 1. The van der Waals surface area contributed by atoms with Crippen LogP contribution in [0.15, 0.2) is 29.4 Å².